The van der Waals surface area contributed by atoms with Crippen LogP contribution < -0.4 is 10.6 Å². The van der Waals surface area contributed by atoms with Crippen LogP contribution in [0.4, 0.5) is 0 Å². The summed E-state index contributed by atoms with van der Waals surface area (Å²) in [5.74, 6) is -1.39. The molecule has 2 heterocycles. The molecule has 2 N–H and O–H groups in total. The SMILES string of the molecule is O=C1NC(=S)NC(=O)C1=Cc1cn(C(=O)c2cccc3ccccc23)c2ccc(Br)cc12. The lowest BCUT2D eigenvalue weighted by atomic mass is 10.0. The molecule has 0 bridgehead atoms. The largest absolute Gasteiger partial charge is 0.299 e. The number of halogens is 1. The molecule has 0 atom stereocenters. The summed E-state index contributed by atoms with van der Waals surface area (Å²) in [4.78, 5) is 38.2. The van der Waals surface area contributed by atoms with Crippen LogP contribution in [0, 0.1) is 0 Å². The topological polar surface area (TPSA) is 80.2 Å². The standard InChI is InChI=1S/C24H14BrN3O3S/c25-15-8-9-20-18(11-15)14(10-19-21(29)26-24(32)27-22(19)30)12-28(20)23(31)17-7-3-5-13-4-1-2-6-16(13)17/h1-12H,(H2,26,27,29,30,32). The Labute approximate surface area is 196 Å². The van der Waals surface area contributed by atoms with Crippen LogP contribution in [0.5, 0.6) is 0 Å². The third-order valence-electron chi connectivity index (χ3n) is 5.28. The van der Waals surface area contributed by atoms with Crippen molar-refractivity contribution >= 4 is 78.7 Å². The van der Waals surface area contributed by atoms with E-state index in [4.69, 9.17) is 12.2 Å². The Morgan fingerprint density at radius 3 is 2.44 bits per heavy atom. The third-order valence-corrected chi connectivity index (χ3v) is 5.98. The van der Waals surface area contributed by atoms with E-state index >= 15 is 0 Å². The van der Waals surface area contributed by atoms with Gasteiger partial charge in [-0.2, -0.15) is 0 Å². The molecule has 32 heavy (non-hydrogen) atoms. The minimum atomic E-state index is -0.588. The predicted molar refractivity (Wildman–Crippen MR) is 130 cm³/mol. The first kappa shape index (κ1) is 20.3. The first-order chi connectivity index (χ1) is 15.4. The van der Waals surface area contributed by atoms with Crippen LogP contribution in [0.3, 0.4) is 0 Å². The number of hydrogen-bond donors (Lipinski definition) is 2. The maximum absolute atomic E-state index is 13.6. The minimum absolute atomic E-state index is 0.0338. The molecule has 0 radical (unpaired) electrons. The molecule has 1 aromatic heterocycles. The van der Waals surface area contributed by atoms with Crippen molar-refractivity contribution in [2.75, 3.05) is 0 Å². The summed E-state index contributed by atoms with van der Waals surface area (Å²) in [6.45, 7) is 0. The summed E-state index contributed by atoms with van der Waals surface area (Å²) in [7, 11) is 0. The van der Waals surface area contributed by atoms with Gasteiger partial charge < -0.3 is 0 Å². The van der Waals surface area contributed by atoms with Gasteiger partial charge in [-0.15, -0.1) is 0 Å². The normalized spacial score (nSPS) is 13.9. The summed E-state index contributed by atoms with van der Waals surface area (Å²) >= 11 is 8.31. The lowest BCUT2D eigenvalue weighted by molar-refractivity contribution is -0.123. The van der Waals surface area contributed by atoms with E-state index in [0.717, 1.165) is 15.2 Å². The van der Waals surface area contributed by atoms with E-state index in [-0.39, 0.29) is 16.6 Å². The van der Waals surface area contributed by atoms with Crippen LogP contribution in [0.15, 0.2) is 76.9 Å². The molecule has 4 aromatic rings. The second kappa shape index (κ2) is 7.81. The van der Waals surface area contributed by atoms with Gasteiger partial charge in [0.1, 0.15) is 5.57 Å². The van der Waals surface area contributed by atoms with Crippen molar-refractivity contribution in [1.29, 1.82) is 0 Å². The molecule has 1 fully saturated rings. The first-order valence-corrected chi connectivity index (χ1v) is 10.8. The molecule has 1 saturated heterocycles. The Hall–Kier alpha value is -3.62. The quantitative estimate of drug-likeness (QED) is 0.244. The molecule has 2 amide bonds. The number of carbonyl (C=O) groups excluding carboxylic acids is 3. The van der Waals surface area contributed by atoms with E-state index in [1.807, 2.05) is 54.6 Å². The summed E-state index contributed by atoms with van der Waals surface area (Å²) in [6.07, 6.45) is 3.11. The number of thiocarbonyl (C=S) groups is 1. The maximum Gasteiger partial charge on any atom is 0.263 e. The molecular weight excluding hydrogens is 490 g/mol. The molecule has 0 aliphatic carbocycles. The summed E-state index contributed by atoms with van der Waals surface area (Å²) in [6, 6.07) is 18.8. The van der Waals surface area contributed by atoms with E-state index in [9.17, 15) is 14.4 Å². The Balaban J connectivity index is 1.69. The number of nitrogens with one attached hydrogen (secondary N) is 2. The molecule has 156 valence electrons. The van der Waals surface area contributed by atoms with Crippen LogP contribution in [0.2, 0.25) is 0 Å². The lowest BCUT2D eigenvalue weighted by Crippen LogP contribution is -2.51. The molecule has 8 heteroatoms. The van der Waals surface area contributed by atoms with Gasteiger partial charge >= 0.3 is 0 Å². The van der Waals surface area contributed by atoms with E-state index in [1.165, 1.54) is 6.08 Å². The zero-order chi connectivity index (χ0) is 22.4. The van der Waals surface area contributed by atoms with E-state index < -0.39 is 11.8 Å². The van der Waals surface area contributed by atoms with Crippen LogP contribution in [0.25, 0.3) is 27.8 Å². The van der Waals surface area contributed by atoms with Crippen molar-refractivity contribution < 1.29 is 14.4 Å². The zero-order valence-corrected chi connectivity index (χ0v) is 18.8. The fraction of sp³-hybridized carbons (Fsp3) is 0. The monoisotopic (exact) mass is 503 g/mol. The van der Waals surface area contributed by atoms with Crippen molar-refractivity contribution in [3.05, 3.63) is 88.0 Å². The molecule has 3 aromatic carbocycles. The van der Waals surface area contributed by atoms with Crippen LogP contribution in [-0.2, 0) is 9.59 Å². The Morgan fingerprint density at radius 1 is 0.938 bits per heavy atom. The zero-order valence-electron chi connectivity index (χ0n) is 16.4. The number of carbonyl (C=O) groups is 3. The van der Waals surface area contributed by atoms with Crippen LogP contribution in [0.1, 0.15) is 15.9 Å². The number of benzene rings is 3. The van der Waals surface area contributed by atoms with Gasteiger partial charge in [-0.3, -0.25) is 29.6 Å². The van der Waals surface area contributed by atoms with Crippen molar-refractivity contribution in [2.24, 2.45) is 0 Å². The number of fused-ring (bicyclic) bond motifs is 2. The molecule has 1 aliphatic heterocycles. The summed E-state index contributed by atoms with van der Waals surface area (Å²) in [5, 5.41) is 7.34. The number of rotatable bonds is 2. The van der Waals surface area contributed by atoms with Gasteiger partial charge in [-0.1, -0.05) is 52.3 Å². The second-order valence-electron chi connectivity index (χ2n) is 7.24. The molecule has 6 nitrogen and oxygen atoms in total. The maximum atomic E-state index is 13.6. The highest BCUT2D eigenvalue weighted by Crippen LogP contribution is 2.29. The smallest absolute Gasteiger partial charge is 0.263 e. The number of amides is 2. The number of nitrogens with zero attached hydrogens (tertiary/aromatic N) is 1. The fourth-order valence-electron chi connectivity index (χ4n) is 3.81. The van der Waals surface area contributed by atoms with Crippen molar-refractivity contribution in [2.45, 2.75) is 0 Å². The lowest BCUT2D eigenvalue weighted by Gasteiger charge is -2.16. The third kappa shape index (κ3) is 3.43. The van der Waals surface area contributed by atoms with Crippen molar-refractivity contribution in [3.63, 3.8) is 0 Å². The minimum Gasteiger partial charge on any atom is -0.299 e. The van der Waals surface area contributed by atoms with Gasteiger partial charge in [-0.05, 0) is 53.3 Å². The second-order valence-corrected chi connectivity index (χ2v) is 8.57. The van der Waals surface area contributed by atoms with Crippen LogP contribution in [-0.4, -0.2) is 27.4 Å². The summed E-state index contributed by atoms with van der Waals surface area (Å²) in [5.41, 5.74) is 1.68. The first-order valence-electron chi connectivity index (χ1n) is 9.64. The van der Waals surface area contributed by atoms with E-state index in [2.05, 4.69) is 26.6 Å². The average molecular weight is 504 g/mol. The number of hydrogen-bond acceptors (Lipinski definition) is 4. The van der Waals surface area contributed by atoms with Crippen molar-refractivity contribution in [3.8, 4) is 0 Å². The Kier molecular flexibility index (Phi) is 4.96. The molecular formula is C24H14BrN3O3S. The predicted octanol–water partition coefficient (Wildman–Crippen LogP) is 4.16. The van der Waals surface area contributed by atoms with Gasteiger partial charge in [0, 0.05) is 27.2 Å². The Bertz CT molecular complexity index is 1490. The van der Waals surface area contributed by atoms with Gasteiger partial charge in [0.25, 0.3) is 17.7 Å². The van der Waals surface area contributed by atoms with Crippen molar-refractivity contribution in [1.82, 2.24) is 15.2 Å². The van der Waals surface area contributed by atoms with E-state index in [1.54, 1.807) is 16.8 Å². The summed E-state index contributed by atoms with van der Waals surface area (Å²) < 4.78 is 2.35. The molecule has 0 saturated carbocycles. The molecule has 1 aliphatic rings. The fourth-order valence-corrected chi connectivity index (χ4v) is 4.36. The highest BCUT2D eigenvalue weighted by atomic mass is 79.9. The van der Waals surface area contributed by atoms with Gasteiger partial charge in [0.2, 0.25) is 0 Å². The molecule has 5 rings (SSSR count). The highest BCUT2D eigenvalue weighted by Gasteiger charge is 2.26. The average Bonchev–Trinajstić information content (AvgIpc) is 3.12. The van der Waals surface area contributed by atoms with Gasteiger partial charge in [-0.25, -0.2) is 0 Å². The molecule has 0 unspecified atom stereocenters. The number of aromatic nitrogens is 1. The molecule has 0 spiro atoms. The van der Waals surface area contributed by atoms with Crippen LogP contribution >= 0.6 is 28.1 Å². The van der Waals surface area contributed by atoms with E-state index in [0.29, 0.717) is 22.0 Å². The Morgan fingerprint density at radius 2 is 1.66 bits per heavy atom. The van der Waals surface area contributed by atoms with Gasteiger partial charge in [0.05, 0.1) is 5.52 Å². The van der Waals surface area contributed by atoms with Gasteiger partial charge in [0.15, 0.2) is 5.11 Å². The highest BCUT2D eigenvalue weighted by molar-refractivity contribution is 9.10.